The largest absolute Gasteiger partial charge is 0.303 e. The van der Waals surface area contributed by atoms with Crippen LogP contribution < -0.4 is 0 Å². The fourth-order valence-corrected chi connectivity index (χ4v) is 1.74. The number of aldehydes is 1. The summed E-state index contributed by atoms with van der Waals surface area (Å²) in [6.45, 7) is 4.21. The third-order valence-electron chi connectivity index (χ3n) is 2.47. The minimum Gasteiger partial charge on any atom is -0.303 e. The van der Waals surface area contributed by atoms with Crippen molar-refractivity contribution in [1.82, 2.24) is 9.78 Å². The Kier molecular flexibility index (Phi) is 2.54. The standard InChI is InChI=1S/C12H14N2O/c1-9(2)14-12-4-3-10(5-6-15)7-11(12)8-13-14/h3-4,6-9H,5H2,1-2H3. The van der Waals surface area contributed by atoms with Crippen LogP contribution in [0.4, 0.5) is 0 Å². The molecule has 15 heavy (non-hydrogen) atoms. The van der Waals surface area contributed by atoms with Crippen molar-refractivity contribution in [3.63, 3.8) is 0 Å². The van der Waals surface area contributed by atoms with E-state index in [-0.39, 0.29) is 0 Å². The summed E-state index contributed by atoms with van der Waals surface area (Å²) in [6.07, 6.45) is 3.25. The lowest BCUT2D eigenvalue weighted by Crippen LogP contribution is -2.01. The van der Waals surface area contributed by atoms with Gasteiger partial charge >= 0.3 is 0 Å². The van der Waals surface area contributed by atoms with Gasteiger partial charge in [-0.3, -0.25) is 4.68 Å². The van der Waals surface area contributed by atoms with Crippen LogP contribution in [0, 0.1) is 0 Å². The highest BCUT2D eigenvalue weighted by Crippen LogP contribution is 2.19. The van der Waals surface area contributed by atoms with Crippen LogP contribution >= 0.6 is 0 Å². The van der Waals surface area contributed by atoms with Gasteiger partial charge in [0.15, 0.2) is 0 Å². The van der Waals surface area contributed by atoms with Crippen molar-refractivity contribution in [2.45, 2.75) is 26.3 Å². The molecule has 3 nitrogen and oxygen atoms in total. The first-order chi connectivity index (χ1) is 7.22. The second-order valence-corrected chi connectivity index (χ2v) is 3.95. The second-order valence-electron chi connectivity index (χ2n) is 3.95. The Morgan fingerprint density at radius 2 is 2.27 bits per heavy atom. The van der Waals surface area contributed by atoms with Crippen molar-refractivity contribution in [2.24, 2.45) is 0 Å². The Hall–Kier alpha value is -1.64. The third-order valence-corrected chi connectivity index (χ3v) is 2.47. The Morgan fingerprint density at radius 1 is 1.47 bits per heavy atom. The molecule has 1 aromatic heterocycles. The molecule has 2 rings (SSSR count). The molecule has 0 N–H and O–H groups in total. The molecule has 0 saturated heterocycles. The van der Waals surface area contributed by atoms with Gasteiger partial charge in [0.2, 0.25) is 0 Å². The number of nitrogens with zero attached hydrogens (tertiary/aromatic N) is 2. The number of hydrogen-bond donors (Lipinski definition) is 0. The Balaban J connectivity index is 2.51. The molecule has 2 aromatic rings. The number of carbonyl (C=O) groups excluding carboxylic acids is 1. The van der Waals surface area contributed by atoms with Crippen LogP contribution in [0.3, 0.4) is 0 Å². The van der Waals surface area contributed by atoms with E-state index in [0.29, 0.717) is 12.5 Å². The molecule has 78 valence electrons. The van der Waals surface area contributed by atoms with Gasteiger partial charge < -0.3 is 4.79 Å². The molecule has 0 atom stereocenters. The number of rotatable bonds is 3. The molecular weight excluding hydrogens is 188 g/mol. The maximum atomic E-state index is 10.4. The summed E-state index contributed by atoms with van der Waals surface area (Å²) in [6, 6.07) is 6.40. The van der Waals surface area contributed by atoms with Crippen molar-refractivity contribution in [3.05, 3.63) is 30.0 Å². The molecule has 0 aliphatic heterocycles. The van der Waals surface area contributed by atoms with E-state index in [1.54, 1.807) is 0 Å². The summed E-state index contributed by atoms with van der Waals surface area (Å²) >= 11 is 0. The molecule has 0 saturated carbocycles. The predicted octanol–water partition coefficient (Wildman–Crippen LogP) is 2.36. The quantitative estimate of drug-likeness (QED) is 0.716. The lowest BCUT2D eigenvalue weighted by atomic mass is 10.1. The van der Waals surface area contributed by atoms with Gasteiger partial charge in [0.1, 0.15) is 6.29 Å². The zero-order chi connectivity index (χ0) is 10.8. The molecule has 1 heterocycles. The Labute approximate surface area is 88.7 Å². The van der Waals surface area contributed by atoms with E-state index in [1.165, 1.54) is 0 Å². The first kappa shape index (κ1) is 9.90. The summed E-state index contributed by atoms with van der Waals surface area (Å²) < 4.78 is 1.99. The number of benzene rings is 1. The number of fused-ring (bicyclic) bond motifs is 1. The average Bonchev–Trinajstić information content (AvgIpc) is 2.61. The molecule has 1 aromatic carbocycles. The number of carbonyl (C=O) groups is 1. The molecule has 0 aliphatic carbocycles. The van der Waals surface area contributed by atoms with E-state index >= 15 is 0 Å². The average molecular weight is 202 g/mol. The summed E-state index contributed by atoms with van der Waals surface area (Å²) in [4.78, 5) is 10.4. The van der Waals surface area contributed by atoms with Crippen LogP contribution in [-0.2, 0) is 11.2 Å². The van der Waals surface area contributed by atoms with Crippen LogP contribution in [0.25, 0.3) is 10.9 Å². The molecule has 0 spiro atoms. The minimum absolute atomic E-state index is 0.361. The molecule has 0 radical (unpaired) electrons. The summed E-state index contributed by atoms with van der Waals surface area (Å²) in [7, 11) is 0. The van der Waals surface area contributed by atoms with Crippen molar-refractivity contribution in [1.29, 1.82) is 0 Å². The van der Waals surface area contributed by atoms with Crippen molar-refractivity contribution in [3.8, 4) is 0 Å². The monoisotopic (exact) mass is 202 g/mol. The normalized spacial score (nSPS) is 11.1. The van der Waals surface area contributed by atoms with Crippen molar-refractivity contribution >= 4 is 17.2 Å². The Morgan fingerprint density at radius 3 is 2.93 bits per heavy atom. The topological polar surface area (TPSA) is 34.9 Å². The van der Waals surface area contributed by atoms with Gasteiger partial charge in [0, 0.05) is 17.8 Å². The van der Waals surface area contributed by atoms with Gasteiger partial charge in [-0.15, -0.1) is 0 Å². The maximum absolute atomic E-state index is 10.4. The highest BCUT2D eigenvalue weighted by atomic mass is 16.1. The van der Waals surface area contributed by atoms with Crippen LogP contribution in [0.15, 0.2) is 24.4 Å². The van der Waals surface area contributed by atoms with Gasteiger partial charge in [-0.05, 0) is 31.5 Å². The van der Waals surface area contributed by atoms with E-state index in [1.807, 2.05) is 29.1 Å². The van der Waals surface area contributed by atoms with Gasteiger partial charge in [0.05, 0.1) is 11.7 Å². The zero-order valence-corrected chi connectivity index (χ0v) is 8.97. The fourth-order valence-electron chi connectivity index (χ4n) is 1.74. The predicted molar refractivity (Wildman–Crippen MR) is 59.9 cm³/mol. The van der Waals surface area contributed by atoms with Crippen LogP contribution in [0.5, 0.6) is 0 Å². The van der Waals surface area contributed by atoms with Crippen LogP contribution in [0.1, 0.15) is 25.5 Å². The van der Waals surface area contributed by atoms with Crippen molar-refractivity contribution < 1.29 is 4.79 Å². The van der Waals surface area contributed by atoms with Gasteiger partial charge in [0.25, 0.3) is 0 Å². The van der Waals surface area contributed by atoms with E-state index < -0.39 is 0 Å². The fraction of sp³-hybridized carbons (Fsp3) is 0.333. The summed E-state index contributed by atoms with van der Waals surface area (Å²) in [5, 5.41) is 5.42. The smallest absolute Gasteiger partial charge is 0.124 e. The SMILES string of the molecule is CC(C)n1ncc2cc(CC=O)ccc21. The van der Waals surface area contributed by atoms with E-state index in [4.69, 9.17) is 0 Å². The highest BCUT2D eigenvalue weighted by molar-refractivity contribution is 5.80. The molecule has 0 aliphatic rings. The molecule has 0 unspecified atom stereocenters. The second kappa shape index (κ2) is 3.85. The van der Waals surface area contributed by atoms with Gasteiger partial charge in [-0.1, -0.05) is 6.07 Å². The minimum atomic E-state index is 0.361. The molecule has 0 fully saturated rings. The first-order valence-corrected chi connectivity index (χ1v) is 5.12. The van der Waals surface area contributed by atoms with Crippen LogP contribution in [0.2, 0.25) is 0 Å². The van der Waals surface area contributed by atoms with E-state index in [9.17, 15) is 4.79 Å². The summed E-state index contributed by atoms with van der Waals surface area (Å²) in [5.41, 5.74) is 2.17. The lowest BCUT2D eigenvalue weighted by Gasteiger charge is -2.06. The maximum Gasteiger partial charge on any atom is 0.124 e. The van der Waals surface area contributed by atoms with Crippen LogP contribution in [-0.4, -0.2) is 16.1 Å². The third kappa shape index (κ3) is 1.77. The first-order valence-electron chi connectivity index (χ1n) is 5.12. The van der Waals surface area contributed by atoms with Gasteiger partial charge in [-0.2, -0.15) is 5.10 Å². The molecular formula is C12H14N2O. The summed E-state index contributed by atoms with van der Waals surface area (Å²) in [5.74, 6) is 0. The van der Waals surface area contributed by atoms with E-state index in [0.717, 1.165) is 22.8 Å². The number of hydrogen-bond acceptors (Lipinski definition) is 2. The Bertz CT molecular complexity index is 485. The van der Waals surface area contributed by atoms with Crippen molar-refractivity contribution in [2.75, 3.05) is 0 Å². The highest BCUT2D eigenvalue weighted by Gasteiger charge is 2.05. The molecule has 0 amide bonds. The van der Waals surface area contributed by atoms with Gasteiger partial charge in [-0.25, -0.2) is 0 Å². The number of aromatic nitrogens is 2. The molecule has 3 heteroatoms. The molecule has 0 bridgehead atoms. The van der Waals surface area contributed by atoms with E-state index in [2.05, 4.69) is 18.9 Å². The zero-order valence-electron chi connectivity index (χ0n) is 8.97. The lowest BCUT2D eigenvalue weighted by molar-refractivity contribution is -0.107.